The van der Waals surface area contributed by atoms with E-state index in [0.29, 0.717) is 24.7 Å². The van der Waals surface area contributed by atoms with Crippen LogP contribution in [0.3, 0.4) is 0 Å². The molecular formula is C9H16O4S. The van der Waals surface area contributed by atoms with E-state index in [0.717, 1.165) is 6.42 Å². The minimum absolute atomic E-state index is 0.0498. The van der Waals surface area contributed by atoms with Crippen molar-refractivity contribution >= 4 is 17.5 Å². The first-order valence-electron chi connectivity index (χ1n) is 4.71. The molecule has 0 bridgehead atoms. The fourth-order valence-corrected chi connectivity index (χ4v) is 2.19. The molecular weight excluding hydrogens is 204 g/mol. The number of ketones is 1. The quantitative estimate of drug-likeness (QED) is 0.642. The summed E-state index contributed by atoms with van der Waals surface area (Å²) in [6.07, 6.45) is 0.106. The molecule has 2 N–H and O–H groups in total. The third-order valence-electron chi connectivity index (χ3n) is 2.15. The summed E-state index contributed by atoms with van der Waals surface area (Å²) in [5.74, 6) is 1.06. The summed E-state index contributed by atoms with van der Waals surface area (Å²) in [6, 6.07) is 0. The first kappa shape index (κ1) is 12.0. The SMILES string of the molecule is O=C(CSCC(O)CO)C1CCOC1. The minimum Gasteiger partial charge on any atom is -0.394 e. The molecule has 0 radical (unpaired) electrons. The lowest BCUT2D eigenvalue weighted by molar-refractivity contribution is -0.120. The van der Waals surface area contributed by atoms with Gasteiger partial charge in [-0.2, -0.15) is 11.8 Å². The van der Waals surface area contributed by atoms with E-state index < -0.39 is 6.10 Å². The maximum atomic E-state index is 11.5. The van der Waals surface area contributed by atoms with Crippen molar-refractivity contribution in [3.05, 3.63) is 0 Å². The normalized spacial score (nSPS) is 23.7. The van der Waals surface area contributed by atoms with Crippen molar-refractivity contribution in [2.45, 2.75) is 12.5 Å². The van der Waals surface area contributed by atoms with Crippen molar-refractivity contribution in [1.82, 2.24) is 0 Å². The lowest BCUT2D eigenvalue weighted by Crippen LogP contribution is -2.20. The largest absolute Gasteiger partial charge is 0.394 e. The number of rotatable bonds is 6. The van der Waals surface area contributed by atoms with E-state index in [4.69, 9.17) is 14.9 Å². The van der Waals surface area contributed by atoms with E-state index in [2.05, 4.69) is 0 Å². The van der Waals surface area contributed by atoms with Crippen LogP contribution in [0.2, 0.25) is 0 Å². The van der Waals surface area contributed by atoms with Gasteiger partial charge in [0.15, 0.2) is 0 Å². The first-order valence-corrected chi connectivity index (χ1v) is 5.86. The Kier molecular flexibility index (Phi) is 5.47. The van der Waals surface area contributed by atoms with Gasteiger partial charge in [-0.15, -0.1) is 0 Å². The van der Waals surface area contributed by atoms with Crippen molar-refractivity contribution in [2.75, 3.05) is 31.3 Å². The van der Waals surface area contributed by atoms with Crippen LogP contribution in [0, 0.1) is 5.92 Å². The van der Waals surface area contributed by atoms with Crippen molar-refractivity contribution in [1.29, 1.82) is 0 Å². The number of aliphatic hydroxyl groups excluding tert-OH is 2. The second-order valence-corrected chi connectivity index (χ2v) is 4.41. The van der Waals surface area contributed by atoms with Gasteiger partial charge in [-0.3, -0.25) is 4.79 Å². The zero-order valence-corrected chi connectivity index (χ0v) is 8.83. The molecule has 0 aromatic carbocycles. The molecule has 4 nitrogen and oxygen atoms in total. The maximum Gasteiger partial charge on any atom is 0.148 e. The van der Waals surface area contributed by atoms with Gasteiger partial charge in [0.25, 0.3) is 0 Å². The molecule has 1 heterocycles. The summed E-state index contributed by atoms with van der Waals surface area (Å²) in [5.41, 5.74) is 0. The molecule has 1 fully saturated rings. The van der Waals surface area contributed by atoms with Crippen LogP contribution in [0.5, 0.6) is 0 Å². The highest BCUT2D eigenvalue weighted by molar-refractivity contribution is 8.00. The number of ether oxygens (including phenoxy) is 1. The molecule has 0 amide bonds. The fourth-order valence-electron chi connectivity index (χ4n) is 1.25. The zero-order chi connectivity index (χ0) is 10.4. The molecule has 1 aliphatic rings. The first-order chi connectivity index (χ1) is 6.74. The molecule has 0 saturated carbocycles. The highest BCUT2D eigenvalue weighted by atomic mass is 32.2. The van der Waals surface area contributed by atoms with Crippen LogP contribution in [-0.4, -0.2) is 53.4 Å². The Labute approximate surface area is 87.6 Å². The molecule has 0 spiro atoms. The summed E-state index contributed by atoms with van der Waals surface area (Å²) in [7, 11) is 0. The average molecular weight is 220 g/mol. The van der Waals surface area contributed by atoms with Gasteiger partial charge >= 0.3 is 0 Å². The van der Waals surface area contributed by atoms with Crippen LogP contribution < -0.4 is 0 Å². The third-order valence-corrected chi connectivity index (χ3v) is 3.26. The molecule has 1 saturated heterocycles. The molecule has 1 aliphatic heterocycles. The number of aliphatic hydroxyl groups is 2. The molecule has 1 rings (SSSR count). The van der Waals surface area contributed by atoms with Crippen LogP contribution in [-0.2, 0) is 9.53 Å². The van der Waals surface area contributed by atoms with Gasteiger partial charge in [0.05, 0.1) is 25.1 Å². The zero-order valence-electron chi connectivity index (χ0n) is 8.02. The van der Waals surface area contributed by atoms with Gasteiger partial charge in [-0.1, -0.05) is 0 Å². The van der Waals surface area contributed by atoms with Crippen LogP contribution in [0.25, 0.3) is 0 Å². The van der Waals surface area contributed by atoms with Gasteiger partial charge in [-0.05, 0) is 6.42 Å². The Morgan fingerprint density at radius 1 is 1.64 bits per heavy atom. The number of Topliss-reactive ketones (excluding diaryl/α,β-unsaturated/α-hetero) is 1. The van der Waals surface area contributed by atoms with E-state index in [-0.39, 0.29) is 18.3 Å². The summed E-state index contributed by atoms with van der Waals surface area (Å²) in [4.78, 5) is 11.5. The van der Waals surface area contributed by atoms with E-state index in [9.17, 15) is 4.79 Å². The lowest BCUT2D eigenvalue weighted by Gasteiger charge is -2.08. The highest BCUT2D eigenvalue weighted by Gasteiger charge is 2.23. The van der Waals surface area contributed by atoms with Gasteiger partial charge in [0.2, 0.25) is 0 Å². The fraction of sp³-hybridized carbons (Fsp3) is 0.889. The molecule has 82 valence electrons. The predicted octanol–water partition coefficient (Wildman–Crippen LogP) is -0.322. The number of thioether (sulfide) groups is 1. The van der Waals surface area contributed by atoms with Gasteiger partial charge in [0, 0.05) is 18.3 Å². The van der Waals surface area contributed by atoms with Crippen molar-refractivity contribution in [3.63, 3.8) is 0 Å². The number of hydrogen-bond donors (Lipinski definition) is 2. The molecule has 14 heavy (non-hydrogen) atoms. The summed E-state index contributed by atoms with van der Waals surface area (Å²) >= 11 is 1.37. The molecule has 5 heteroatoms. The number of carbonyl (C=O) groups is 1. The van der Waals surface area contributed by atoms with Crippen LogP contribution in [0.4, 0.5) is 0 Å². The summed E-state index contributed by atoms with van der Waals surface area (Å²) in [5, 5.41) is 17.6. The van der Waals surface area contributed by atoms with Crippen LogP contribution >= 0.6 is 11.8 Å². The average Bonchev–Trinajstić information content (AvgIpc) is 2.70. The number of hydrogen-bond acceptors (Lipinski definition) is 5. The topological polar surface area (TPSA) is 66.8 Å². The van der Waals surface area contributed by atoms with E-state index >= 15 is 0 Å². The standard InChI is InChI=1S/C9H16O4S/c10-3-8(11)5-14-6-9(12)7-1-2-13-4-7/h7-8,10-11H,1-6H2. The number of carbonyl (C=O) groups excluding carboxylic acids is 1. The van der Waals surface area contributed by atoms with Crippen LogP contribution in [0.15, 0.2) is 0 Å². The molecule has 0 aromatic rings. The highest BCUT2D eigenvalue weighted by Crippen LogP contribution is 2.16. The Bertz CT molecular complexity index is 180. The van der Waals surface area contributed by atoms with Crippen molar-refractivity contribution in [2.24, 2.45) is 5.92 Å². The van der Waals surface area contributed by atoms with Gasteiger partial charge in [-0.25, -0.2) is 0 Å². The second kappa shape index (κ2) is 6.40. The Hall–Kier alpha value is -0.100. The van der Waals surface area contributed by atoms with Gasteiger partial charge < -0.3 is 14.9 Å². The third kappa shape index (κ3) is 3.96. The van der Waals surface area contributed by atoms with Crippen molar-refractivity contribution in [3.8, 4) is 0 Å². The minimum atomic E-state index is -0.715. The predicted molar refractivity (Wildman–Crippen MR) is 54.4 cm³/mol. The molecule has 2 unspecified atom stereocenters. The van der Waals surface area contributed by atoms with Crippen molar-refractivity contribution < 1.29 is 19.7 Å². The molecule has 0 aliphatic carbocycles. The van der Waals surface area contributed by atoms with E-state index in [1.807, 2.05) is 0 Å². The maximum absolute atomic E-state index is 11.5. The second-order valence-electron chi connectivity index (χ2n) is 3.38. The molecule has 2 atom stereocenters. The lowest BCUT2D eigenvalue weighted by atomic mass is 10.1. The summed E-state index contributed by atoms with van der Waals surface area (Å²) < 4.78 is 5.11. The van der Waals surface area contributed by atoms with Gasteiger partial charge in [0.1, 0.15) is 5.78 Å². The summed E-state index contributed by atoms with van der Waals surface area (Å²) in [6.45, 7) is 0.982. The molecule has 0 aromatic heterocycles. The Morgan fingerprint density at radius 3 is 3.00 bits per heavy atom. The van der Waals surface area contributed by atoms with E-state index in [1.54, 1.807) is 0 Å². The Morgan fingerprint density at radius 2 is 2.43 bits per heavy atom. The van der Waals surface area contributed by atoms with E-state index in [1.165, 1.54) is 11.8 Å². The smallest absolute Gasteiger partial charge is 0.148 e. The van der Waals surface area contributed by atoms with Crippen LogP contribution in [0.1, 0.15) is 6.42 Å². The Balaban J connectivity index is 2.08. The monoisotopic (exact) mass is 220 g/mol.